The molecule has 19 heavy (non-hydrogen) atoms. The van der Waals surface area contributed by atoms with Crippen molar-refractivity contribution in [2.24, 2.45) is 0 Å². The summed E-state index contributed by atoms with van der Waals surface area (Å²) in [5.74, 6) is -0.229. The lowest BCUT2D eigenvalue weighted by Gasteiger charge is -2.11. The molecule has 1 aromatic heterocycles. The van der Waals surface area contributed by atoms with Gasteiger partial charge in [-0.25, -0.2) is 14.8 Å². The van der Waals surface area contributed by atoms with Crippen molar-refractivity contribution in [3.63, 3.8) is 0 Å². The van der Waals surface area contributed by atoms with E-state index in [1.807, 2.05) is 0 Å². The fourth-order valence-corrected chi connectivity index (χ4v) is 1.27. The lowest BCUT2D eigenvalue weighted by molar-refractivity contribution is -0.126. The second-order valence-corrected chi connectivity index (χ2v) is 4.05. The molecule has 1 aromatic rings. The number of esters is 1. The Morgan fingerprint density at radius 1 is 1.42 bits per heavy atom. The van der Waals surface area contributed by atoms with Crippen LogP contribution in [0.25, 0.3) is 0 Å². The fraction of sp³-hybridized carbons (Fsp3) is 0.500. The number of likely N-dealkylation sites (N-methyl/N-ethyl adjacent to an activating group) is 1. The molecule has 1 heterocycles. The minimum Gasteiger partial charge on any atom is -0.462 e. The first-order valence-corrected chi connectivity index (χ1v) is 5.90. The van der Waals surface area contributed by atoms with E-state index in [2.05, 4.69) is 15.3 Å². The highest BCUT2D eigenvalue weighted by atomic mass is 16.5. The van der Waals surface area contributed by atoms with Crippen molar-refractivity contribution in [2.45, 2.75) is 13.8 Å². The highest BCUT2D eigenvalue weighted by molar-refractivity contribution is 5.90. The van der Waals surface area contributed by atoms with Crippen LogP contribution < -0.4 is 5.32 Å². The van der Waals surface area contributed by atoms with Gasteiger partial charge in [-0.2, -0.15) is 0 Å². The minimum absolute atomic E-state index is 0.0873. The minimum atomic E-state index is -0.448. The summed E-state index contributed by atoms with van der Waals surface area (Å²) in [6, 6.07) is 0. The average Bonchev–Trinajstić information content (AvgIpc) is 2.36. The van der Waals surface area contributed by atoms with Crippen LogP contribution in [0.3, 0.4) is 0 Å². The summed E-state index contributed by atoms with van der Waals surface area (Å²) in [7, 11) is 3.33. The molecule has 0 unspecified atom stereocenters. The van der Waals surface area contributed by atoms with Crippen molar-refractivity contribution in [1.29, 1.82) is 0 Å². The maximum atomic E-state index is 11.5. The van der Waals surface area contributed by atoms with Crippen molar-refractivity contribution in [2.75, 3.05) is 32.6 Å². The smallest absolute Gasteiger partial charge is 0.341 e. The zero-order chi connectivity index (χ0) is 14.4. The van der Waals surface area contributed by atoms with Gasteiger partial charge in [-0.1, -0.05) is 0 Å². The molecule has 7 nitrogen and oxygen atoms in total. The molecule has 0 bridgehead atoms. The summed E-state index contributed by atoms with van der Waals surface area (Å²) in [4.78, 5) is 32.5. The van der Waals surface area contributed by atoms with Gasteiger partial charge < -0.3 is 15.0 Å². The molecule has 0 atom stereocenters. The molecule has 1 N–H and O–H groups in total. The number of rotatable bonds is 5. The van der Waals surface area contributed by atoms with Crippen LogP contribution in [0, 0.1) is 6.92 Å². The van der Waals surface area contributed by atoms with Gasteiger partial charge in [0.15, 0.2) is 0 Å². The van der Waals surface area contributed by atoms with Crippen molar-refractivity contribution in [3.05, 3.63) is 17.5 Å². The second kappa shape index (κ2) is 6.67. The molecule has 0 aromatic carbocycles. The zero-order valence-electron chi connectivity index (χ0n) is 11.6. The van der Waals surface area contributed by atoms with E-state index in [0.717, 1.165) is 0 Å². The van der Waals surface area contributed by atoms with E-state index < -0.39 is 5.97 Å². The molecule has 7 heteroatoms. The van der Waals surface area contributed by atoms with Crippen LogP contribution in [-0.2, 0) is 9.53 Å². The van der Waals surface area contributed by atoms with Crippen LogP contribution >= 0.6 is 0 Å². The number of ether oxygens (including phenoxy) is 1. The molecule has 0 aliphatic rings. The third-order valence-corrected chi connectivity index (χ3v) is 2.37. The molecule has 104 valence electrons. The van der Waals surface area contributed by atoms with Gasteiger partial charge in [-0.3, -0.25) is 4.79 Å². The summed E-state index contributed by atoms with van der Waals surface area (Å²) in [6.45, 7) is 3.82. The monoisotopic (exact) mass is 266 g/mol. The Balaban J connectivity index is 2.72. The molecular formula is C12H18N4O3. The van der Waals surface area contributed by atoms with Gasteiger partial charge in [0.2, 0.25) is 11.9 Å². The number of amides is 1. The van der Waals surface area contributed by atoms with E-state index in [1.54, 1.807) is 27.9 Å². The number of carbonyl (C=O) groups is 2. The molecule has 0 aliphatic carbocycles. The molecule has 0 saturated heterocycles. The van der Waals surface area contributed by atoms with Crippen LogP contribution in [0.2, 0.25) is 0 Å². The number of carbonyl (C=O) groups excluding carboxylic acids is 2. The van der Waals surface area contributed by atoms with Crippen LogP contribution in [0.5, 0.6) is 0 Å². The van der Waals surface area contributed by atoms with Crippen LogP contribution in [0.1, 0.15) is 23.0 Å². The third-order valence-electron chi connectivity index (χ3n) is 2.37. The Morgan fingerprint density at radius 3 is 2.63 bits per heavy atom. The molecule has 0 aliphatic heterocycles. The highest BCUT2D eigenvalue weighted by Gasteiger charge is 2.13. The first-order valence-electron chi connectivity index (χ1n) is 5.90. The number of anilines is 1. The van der Waals surface area contributed by atoms with Gasteiger partial charge >= 0.3 is 5.97 Å². The zero-order valence-corrected chi connectivity index (χ0v) is 11.6. The standard InChI is InChI=1S/C12H18N4O3/c1-5-19-11(18)9-6-13-12(15-8(9)2)14-7-10(17)16(3)4/h6H,5,7H2,1-4H3,(H,13,14,15). The number of hydrogen-bond acceptors (Lipinski definition) is 6. The van der Waals surface area contributed by atoms with Crippen molar-refractivity contribution >= 4 is 17.8 Å². The van der Waals surface area contributed by atoms with Gasteiger partial charge in [-0.15, -0.1) is 0 Å². The maximum absolute atomic E-state index is 11.5. The molecule has 0 radical (unpaired) electrons. The second-order valence-electron chi connectivity index (χ2n) is 4.05. The normalized spacial score (nSPS) is 9.89. The Hall–Kier alpha value is -2.18. The number of aromatic nitrogens is 2. The number of aryl methyl sites for hydroxylation is 1. The largest absolute Gasteiger partial charge is 0.462 e. The number of nitrogens with one attached hydrogen (secondary N) is 1. The average molecular weight is 266 g/mol. The molecule has 1 amide bonds. The lowest BCUT2D eigenvalue weighted by Crippen LogP contribution is -2.29. The Bertz CT molecular complexity index is 474. The van der Waals surface area contributed by atoms with E-state index >= 15 is 0 Å². The quantitative estimate of drug-likeness (QED) is 0.779. The number of hydrogen-bond donors (Lipinski definition) is 1. The van der Waals surface area contributed by atoms with E-state index in [-0.39, 0.29) is 12.5 Å². The van der Waals surface area contributed by atoms with E-state index in [0.29, 0.717) is 23.8 Å². The Kier molecular flexibility index (Phi) is 5.23. The van der Waals surface area contributed by atoms with Gasteiger partial charge in [0.05, 0.1) is 24.4 Å². The summed E-state index contributed by atoms with van der Waals surface area (Å²) in [6.07, 6.45) is 1.39. The first-order chi connectivity index (χ1) is 8.95. The van der Waals surface area contributed by atoms with Crippen LogP contribution in [0.15, 0.2) is 6.20 Å². The SMILES string of the molecule is CCOC(=O)c1cnc(NCC(=O)N(C)C)nc1C. The molecule has 0 saturated carbocycles. The molecule has 0 fully saturated rings. The summed E-state index contributed by atoms with van der Waals surface area (Å²) in [5.41, 5.74) is 0.833. The summed E-state index contributed by atoms with van der Waals surface area (Å²) in [5, 5.41) is 2.80. The van der Waals surface area contributed by atoms with E-state index in [4.69, 9.17) is 4.74 Å². The maximum Gasteiger partial charge on any atom is 0.341 e. The first kappa shape index (κ1) is 14.9. The van der Waals surface area contributed by atoms with E-state index in [1.165, 1.54) is 11.1 Å². The highest BCUT2D eigenvalue weighted by Crippen LogP contribution is 2.08. The van der Waals surface area contributed by atoms with Crippen molar-refractivity contribution < 1.29 is 14.3 Å². The Labute approximate surface area is 112 Å². The number of nitrogens with zero attached hydrogens (tertiary/aromatic N) is 3. The fourth-order valence-electron chi connectivity index (χ4n) is 1.27. The van der Waals surface area contributed by atoms with Crippen LogP contribution in [-0.4, -0.2) is 54.0 Å². The molecule has 0 spiro atoms. The van der Waals surface area contributed by atoms with Gasteiger partial charge in [-0.05, 0) is 13.8 Å². The van der Waals surface area contributed by atoms with Gasteiger partial charge in [0.25, 0.3) is 0 Å². The van der Waals surface area contributed by atoms with Crippen molar-refractivity contribution in [3.8, 4) is 0 Å². The molecular weight excluding hydrogens is 248 g/mol. The third kappa shape index (κ3) is 4.20. The predicted molar refractivity (Wildman–Crippen MR) is 69.9 cm³/mol. The Morgan fingerprint density at radius 2 is 2.11 bits per heavy atom. The summed E-state index contributed by atoms with van der Waals surface area (Å²) >= 11 is 0. The lowest BCUT2D eigenvalue weighted by atomic mass is 10.2. The van der Waals surface area contributed by atoms with Crippen LogP contribution in [0.4, 0.5) is 5.95 Å². The van der Waals surface area contributed by atoms with E-state index in [9.17, 15) is 9.59 Å². The summed E-state index contributed by atoms with van der Waals surface area (Å²) < 4.78 is 4.88. The van der Waals surface area contributed by atoms with Gasteiger partial charge in [0.1, 0.15) is 0 Å². The topological polar surface area (TPSA) is 84.4 Å². The van der Waals surface area contributed by atoms with Gasteiger partial charge in [0, 0.05) is 20.3 Å². The molecule has 1 rings (SSSR count). The predicted octanol–water partition coefficient (Wildman–Crippen LogP) is 0.462. The van der Waals surface area contributed by atoms with Crippen molar-refractivity contribution in [1.82, 2.24) is 14.9 Å².